The van der Waals surface area contributed by atoms with E-state index >= 15 is 0 Å². The van der Waals surface area contributed by atoms with Gasteiger partial charge >= 0.3 is 0 Å². The van der Waals surface area contributed by atoms with Crippen molar-refractivity contribution in [1.29, 1.82) is 0 Å². The van der Waals surface area contributed by atoms with E-state index in [2.05, 4.69) is 39.3 Å². The number of hydrogen-bond donors (Lipinski definition) is 2. The summed E-state index contributed by atoms with van der Waals surface area (Å²) in [6.45, 7) is 2.28. The van der Waals surface area contributed by atoms with Crippen molar-refractivity contribution in [2.45, 2.75) is 18.9 Å². The minimum absolute atomic E-state index is 0.548. The standard InChI is InChI=1S/C11H20N6/c1-16-5-3-9(4-6-16)17(2)11-7-10(15-12)13-8-14-11/h7-9H,3-6,12H2,1-2H3,(H,13,14,15). The first-order chi connectivity index (χ1) is 8.20. The monoisotopic (exact) mass is 236 g/mol. The lowest BCUT2D eigenvalue weighted by molar-refractivity contribution is 0.252. The molecule has 94 valence electrons. The maximum atomic E-state index is 5.35. The van der Waals surface area contributed by atoms with Crippen molar-refractivity contribution in [3.8, 4) is 0 Å². The molecule has 0 aromatic carbocycles. The molecule has 1 aliphatic rings. The summed E-state index contributed by atoms with van der Waals surface area (Å²) in [7, 11) is 4.25. The summed E-state index contributed by atoms with van der Waals surface area (Å²) in [6, 6.07) is 2.42. The third kappa shape index (κ3) is 2.83. The van der Waals surface area contributed by atoms with Crippen LogP contribution in [0.25, 0.3) is 0 Å². The SMILES string of the molecule is CN1CCC(N(C)c2cc(NN)ncn2)CC1. The van der Waals surface area contributed by atoms with Crippen LogP contribution in [0.5, 0.6) is 0 Å². The predicted molar refractivity (Wildman–Crippen MR) is 68.8 cm³/mol. The van der Waals surface area contributed by atoms with Crippen molar-refractivity contribution in [3.05, 3.63) is 12.4 Å². The van der Waals surface area contributed by atoms with E-state index in [1.807, 2.05) is 6.07 Å². The molecule has 2 rings (SSSR count). The number of rotatable bonds is 3. The van der Waals surface area contributed by atoms with E-state index in [0.717, 1.165) is 18.9 Å². The van der Waals surface area contributed by atoms with E-state index in [1.54, 1.807) is 0 Å². The van der Waals surface area contributed by atoms with Gasteiger partial charge in [-0.3, -0.25) is 0 Å². The van der Waals surface area contributed by atoms with E-state index in [9.17, 15) is 0 Å². The number of likely N-dealkylation sites (tertiary alicyclic amines) is 1. The van der Waals surface area contributed by atoms with Crippen molar-refractivity contribution in [2.24, 2.45) is 5.84 Å². The summed E-state index contributed by atoms with van der Waals surface area (Å²) in [4.78, 5) is 12.9. The van der Waals surface area contributed by atoms with Crippen LogP contribution in [-0.2, 0) is 0 Å². The van der Waals surface area contributed by atoms with Gasteiger partial charge in [0.1, 0.15) is 18.0 Å². The van der Waals surface area contributed by atoms with Crippen LogP contribution in [0.4, 0.5) is 11.6 Å². The molecule has 1 aromatic rings. The number of nitrogens with zero attached hydrogens (tertiary/aromatic N) is 4. The molecule has 1 aromatic heterocycles. The lowest BCUT2D eigenvalue weighted by atomic mass is 10.0. The lowest BCUT2D eigenvalue weighted by Crippen LogP contribution is -2.42. The van der Waals surface area contributed by atoms with Gasteiger partial charge in [-0.2, -0.15) is 0 Å². The van der Waals surface area contributed by atoms with Gasteiger partial charge in [-0.25, -0.2) is 15.8 Å². The molecule has 0 unspecified atom stereocenters. The fourth-order valence-electron chi connectivity index (χ4n) is 2.19. The molecule has 0 radical (unpaired) electrons. The fourth-order valence-corrected chi connectivity index (χ4v) is 2.19. The third-order valence-electron chi connectivity index (χ3n) is 3.40. The van der Waals surface area contributed by atoms with Crippen molar-refractivity contribution >= 4 is 11.6 Å². The Morgan fingerprint density at radius 3 is 2.76 bits per heavy atom. The Labute approximate surface area is 102 Å². The highest BCUT2D eigenvalue weighted by atomic mass is 15.3. The topological polar surface area (TPSA) is 70.3 Å². The van der Waals surface area contributed by atoms with Gasteiger partial charge in [0, 0.05) is 19.2 Å². The second kappa shape index (κ2) is 5.29. The van der Waals surface area contributed by atoms with Crippen LogP contribution >= 0.6 is 0 Å². The third-order valence-corrected chi connectivity index (χ3v) is 3.40. The van der Waals surface area contributed by atoms with Gasteiger partial charge in [0.25, 0.3) is 0 Å². The van der Waals surface area contributed by atoms with E-state index < -0.39 is 0 Å². The molecule has 17 heavy (non-hydrogen) atoms. The van der Waals surface area contributed by atoms with Gasteiger partial charge in [-0.1, -0.05) is 0 Å². The quantitative estimate of drug-likeness (QED) is 0.581. The van der Waals surface area contributed by atoms with Crippen molar-refractivity contribution < 1.29 is 0 Å². The first-order valence-electron chi connectivity index (χ1n) is 5.90. The average molecular weight is 236 g/mol. The van der Waals surface area contributed by atoms with Crippen molar-refractivity contribution in [1.82, 2.24) is 14.9 Å². The van der Waals surface area contributed by atoms with Gasteiger partial charge in [-0.15, -0.1) is 0 Å². The number of hydrogen-bond acceptors (Lipinski definition) is 6. The number of piperidine rings is 1. The highest BCUT2D eigenvalue weighted by Gasteiger charge is 2.21. The van der Waals surface area contributed by atoms with Gasteiger partial charge in [0.15, 0.2) is 0 Å². The number of anilines is 2. The van der Waals surface area contributed by atoms with Gasteiger partial charge in [-0.05, 0) is 33.0 Å². The zero-order valence-electron chi connectivity index (χ0n) is 10.4. The largest absolute Gasteiger partial charge is 0.356 e. The van der Waals surface area contributed by atoms with Gasteiger partial charge in [0.05, 0.1) is 0 Å². The fraction of sp³-hybridized carbons (Fsp3) is 0.636. The Kier molecular flexibility index (Phi) is 3.75. The average Bonchev–Trinajstić information content (AvgIpc) is 2.39. The molecular weight excluding hydrogens is 216 g/mol. The number of hydrazine groups is 1. The number of nitrogen functional groups attached to an aromatic ring is 1. The van der Waals surface area contributed by atoms with Crippen molar-refractivity contribution in [2.75, 3.05) is 37.5 Å². The van der Waals surface area contributed by atoms with Crippen LogP contribution in [-0.4, -0.2) is 48.1 Å². The first kappa shape index (κ1) is 12.1. The van der Waals surface area contributed by atoms with Crippen LogP contribution < -0.4 is 16.2 Å². The van der Waals surface area contributed by atoms with Crippen molar-refractivity contribution in [3.63, 3.8) is 0 Å². The second-order valence-electron chi connectivity index (χ2n) is 4.55. The summed E-state index contributed by atoms with van der Waals surface area (Å²) in [6.07, 6.45) is 3.88. The zero-order valence-corrected chi connectivity index (χ0v) is 10.4. The Bertz CT molecular complexity index is 361. The first-order valence-corrected chi connectivity index (χ1v) is 5.90. The maximum Gasteiger partial charge on any atom is 0.145 e. The number of nitrogens with one attached hydrogen (secondary N) is 1. The molecule has 0 spiro atoms. The van der Waals surface area contributed by atoms with Crippen LogP contribution in [0.2, 0.25) is 0 Å². The van der Waals surface area contributed by atoms with E-state index in [1.165, 1.54) is 19.2 Å². The molecule has 1 fully saturated rings. The Balaban J connectivity index is 2.05. The minimum Gasteiger partial charge on any atom is -0.356 e. The van der Waals surface area contributed by atoms with E-state index in [0.29, 0.717) is 11.9 Å². The Morgan fingerprint density at radius 1 is 1.41 bits per heavy atom. The molecule has 0 aliphatic carbocycles. The van der Waals surface area contributed by atoms with E-state index in [-0.39, 0.29) is 0 Å². The molecular formula is C11H20N6. The summed E-state index contributed by atoms with van der Waals surface area (Å²) in [5, 5.41) is 0. The normalized spacial score (nSPS) is 18.1. The molecule has 2 heterocycles. The van der Waals surface area contributed by atoms with Gasteiger partial charge in [0.2, 0.25) is 0 Å². The molecule has 0 atom stereocenters. The molecule has 0 bridgehead atoms. The lowest BCUT2D eigenvalue weighted by Gasteiger charge is -2.35. The highest BCUT2D eigenvalue weighted by molar-refractivity contribution is 5.47. The second-order valence-corrected chi connectivity index (χ2v) is 4.55. The molecule has 6 nitrogen and oxygen atoms in total. The Hall–Kier alpha value is -1.40. The summed E-state index contributed by atoms with van der Waals surface area (Å²) < 4.78 is 0. The summed E-state index contributed by atoms with van der Waals surface area (Å²) in [5.74, 6) is 6.92. The summed E-state index contributed by atoms with van der Waals surface area (Å²) >= 11 is 0. The Morgan fingerprint density at radius 2 is 2.12 bits per heavy atom. The van der Waals surface area contributed by atoms with Crippen LogP contribution in [0, 0.1) is 0 Å². The van der Waals surface area contributed by atoms with E-state index in [4.69, 9.17) is 5.84 Å². The zero-order chi connectivity index (χ0) is 12.3. The smallest absolute Gasteiger partial charge is 0.145 e. The van der Waals surface area contributed by atoms with Crippen LogP contribution in [0.1, 0.15) is 12.8 Å². The number of nitrogens with two attached hydrogens (primary N) is 1. The minimum atomic E-state index is 0.548. The maximum absolute atomic E-state index is 5.35. The van der Waals surface area contributed by atoms with Crippen LogP contribution in [0.3, 0.4) is 0 Å². The van der Waals surface area contributed by atoms with Crippen LogP contribution in [0.15, 0.2) is 12.4 Å². The molecule has 0 saturated carbocycles. The molecule has 0 amide bonds. The summed E-state index contributed by atoms with van der Waals surface area (Å²) in [5.41, 5.74) is 2.55. The molecule has 6 heteroatoms. The molecule has 1 saturated heterocycles. The van der Waals surface area contributed by atoms with Gasteiger partial charge < -0.3 is 15.2 Å². The number of aromatic nitrogens is 2. The molecule has 3 N–H and O–H groups in total. The predicted octanol–water partition coefficient (Wildman–Crippen LogP) is 0.293. The molecule has 1 aliphatic heterocycles. The highest BCUT2D eigenvalue weighted by Crippen LogP contribution is 2.20.